The summed E-state index contributed by atoms with van der Waals surface area (Å²) in [6, 6.07) is 2.09. The summed E-state index contributed by atoms with van der Waals surface area (Å²) < 4.78 is 11.4. The van der Waals surface area contributed by atoms with Crippen molar-refractivity contribution in [2.24, 2.45) is 0 Å². The highest BCUT2D eigenvalue weighted by atomic mass is 16.5. The molecule has 19 heavy (non-hydrogen) atoms. The molecule has 0 saturated carbocycles. The van der Waals surface area contributed by atoms with Crippen molar-refractivity contribution in [1.82, 2.24) is 5.32 Å². The molecule has 1 rings (SSSR count). The lowest BCUT2D eigenvalue weighted by atomic mass is 10.1. The Morgan fingerprint density at radius 3 is 2.63 bits per heavy atom. The fourth-order valence-corrected chi connectivity index (χ4v) is 2.16. The quantitative estimate of drug-likeness (QED) is 0.611. The molecule has 0 spiro atoms. The van der Waals surface area contributed by atoms with Crippen LogP contribution in [0.1, 0.15) is 62.5 Å². The van der Waals surface area contributed by atoms with Crippen LogP contribution in [0.25, 0.3) is 0 Å². The van der Waals surface area contributed by atoms with E-state index in [0.29, 0.717) is 6.61 Å². The van der Waals surface area contributed by atoms with Crippen molar-refractivity contribution >= 4 is 0 Å². The second-order valence-corrected chi connectivity index (χ2v) is 5.14. The number of aryl methyl sites for hydroxylation is 1. The maximum absolute atomic E-state index is 5.72. The first-order valence-corrected chi connectivity index (χ1v) is 7.58. The molecule has 1 aromatic heterocycles. The van der Waals surface area contributed by atoms with Gasteiger partial charge in [-0.1, -0.05) is 39.0 Å². The Morgan fingerprint density at radius 1 is 1.16 bits per heavy atom. The Balaban J connectivity index is 2.08. The summed E-state index contributed by atoms with van der Waals surface area (Å²) in [6.45, 7) is 6.56. The number of hydrogen-bond donors (Lipinski definition) is 1. The number of ether oxygens (including phenoxy) is 1. The zero-order valence-electron chi connectivity index (χ0n) is 12.8. The van der Waals surface area contributed by atoms with Crippen LogP contribution in [0, 0.1) is 6.92 Å². The zero-order valence-corrected chi connectivity index (χ0v) is 12.8. The minimum atomic E-state index is 0.675. The van der Waals surface area contributed by atoms with Gasteiger partial charge in [0.15, 0.2) is 0 Å². The van der Waals surface area contributed by atoms with E-state index in [1.54, 1.807) is 0 Å². The van der Waals surface area contributed by atoms with E-state index in [4.69, 9.17) is 9.15 Å². The molecule has 1 N–H and O–H groups in total. The largest absolute Gasteiger partial charge is 0.465 e. The molecule has 3 heteroatoms. The summed E-state index contributed by atoms with van der Waals surface area (Å²) in [5, 5.41) is 3.09. The molecule has 0 aliphatic carbocycles. The van der Waals surface area contributed by atoms with Gasteiger partial charge in [0, 0.05) is 12.2 Å². The van der Waals surface area contributed by atoms with E-state index in [0.717, 1.165) is 24.7 Å². The van der Waals surface area contributed by atoms with Crippen molar-refractivity contribution < 1.29 is 9.15 Å². The Morgan fingerprint density at radius 2 is 1.89 bits per heavy atom. The number of nitrogens with one attached hydrogen (secondary N) is 1. The van der Waals surface area contributed by atoms with Crippen LogP contribution < -0.4 is 5.32 Å². The number of unbranched alkanes of at least 4 members (excludes halogenated alkanes) is 5. The minimum absolute atomic E-state index is 0.675. The highest BCUT2D eigenvalue weighted by molar-refractivity contribution is 5.19. The van der Waals surface area contributed by atoms with Gasteiger partial charge in [0.2, 0.25) is 0 Å². The van der Waals surface area contributed by atoms with Gasteiger partial charge in [-0.05, 0) is 26.5 Å². The standard InChI is InChI=1S/C16H29NO2/c1-4-5-6-7-8-9-10-18-13-15-11-16(12-17-3)19-14(15)2/h11,17H,4-10,12-13H2,1-3H3. The maximum Gasteiger partial charge on any atom is 0.118 e. The summed E-state index contributed by atoms with van der Waals surface area (Å²) in [5.41, 5.74) is 1.18. The molecule has 0 radical (unpaired) electrons. The SMILES string of the molecule is CCCCCCCCOCc1cc(CNC)oc1C. The molecule has 3 nitrogen and oxygen atoms in total. The van der Waals surface area contributed by atoms with Crippen molar-refractivity contribution in [3.8, 4) is 0 Å². The van der Waals surface area contributed by atoms with Gasteiger partial charge in [-0.15, -0.1) is 0 Å². The molecule has 0 bridgehead atoms. The van der Waals surface area contributed by atoms with Crippen molar-refractivity contribution in [2.45, 2.75) is 65.5 Å². The molecule has 0 unspecified atom stereocenters. The van der Waals surface area contributed by atoms with E-state index in [1.165, 1.54) is 44.1 Å². The third-order valence-electron chi connectivity index (χ3n) is 3.32. The Bertz CT molecular complexity index is 333. The molecular formula is C16H29NO2. The molecule has 1 aromatic rings. The molecule has 0 atom stereocenters. The molecule has 0 saturated heterocycles. The lowest BCUT2D eigenvalue weighted by Gasteiger charge is -2.03. The fraction of sp³-hybridized carbons (Fsp3) is 0.750. The predicted octanol–water partition coefficient (Wildman–Crippen LogP) is 4.18. The number of hydrogen-bond acceptors (Lipinski definition) is 3. The van der Waals surface area contributed by atoms with Crippen LogP contribution in [0.3, 0.4) is 0 Å². The Kier molecular flexibility index (Phi) is 8.59. The second-order valence-electron chi connectivity index (χ2n) is 5.14. The molecule has 1 heterocycles. The Labute approximate surface area is 117 Å². The van der Waals surface area contributed by atoms with Gasteiger partial charge in [-0.2, -0.15) is 0 Å². The first kappa shape index (κ1) is 16.3. The Hall–Kier alpha value is -0.800. The van der Waals surface area contributed by atoms with Crippen LogP contribution in [-0.2, 0) is 17.9 Å². The van der Waals surface area contributed by atoms with Crippen molar-refractivity contribution in [3.63, 3.8) is 0 Å². The van der Waals surface area contributed by atoms with Crippen molar-refractivity contribution in [3.05, 3.63) is 23.2 Å². The van der Waals surface area contributed by atoms with Crippen LogP contribution in [0.15, 0.2) is 10.5 Å². The van der Waals surface area contributed by atoms with Gasteiger partial charge < -0.3 is 14.5 Å². The van der Waals surface area contributed by atoms with E-state index < -0.39 is 0 Å². The summed E-state index contributed by atoms with van der Waals surface area (Å²) >= 11 is 0. The highest BCUT2D eigenvalue weighted by Crippen LogP contribution is 2.15. The summed E-state index contributed by atoms with van der Waals surface area (Å²) in [5.74, 6) is 1.96. The first-order valence-electron chi connectivity index (χ1n) is 7.58. The van der Waals surface area contributed by atoms with Gasteiger partial charge >= 0.3 is 0 Å². The molecule has 0 amide bonds. The molecular weight excluding hydrogens is 238 g/mol. The fourth-order valence-electron chi connectivity index (χ4n) is 2.16. The summed E-state index contributed by atoms with van der Waals surface area (Å²) in [4.78, 5) is 0. The second kappa shape index (κ2) is 10.0. The summed E-state index contributed by atoms with van der Waals surface area (Å²) in [6.07, 6.45) is 7.84. The molecule has 0 aromatic carbocycles. The van der Waals surface area contributed by atoms with Crippen molar-refractivity contribution in [1.29, 1.82) is 0 Å². The van der Waals surface area contributed by atoms with Crippen LogP contribution in [0.2, 0.25) is 0 Å². The third kappa shape index (κ3) is 6.79. The maximum atomic E-state index is 5.72. The normalized spacial score (nSPS) is 11.1. The molecule has 110 valence electrons. The predicted molar refractivity (Wildman–Crippen MR) is 79.2 cm³/mol. The highest BCUT2D eigenvalue weighted by Gasteiger charge is 2.06. The van der Waals surface area contributed by atoms with Crippen LogP contribution >= 0.6 is 0 Å². The van der Waals surface area contributed by atoms with Gasteiger partial charge in [-0.25, -0.2) is 0 Å². The molecule has 0 fully saturated rings. The van der Waals surface area contributed by atoms with E-state index in [9.17, 15) is 0 Å². The third-order valence-corrected chi connectivity index (χ3v) is 3.32. The van der Waals surface area contributed by atoms with E-state index in [-0.39, 0.29) is 0 Å². The monoisotopic (exact) mass is 267 g/mol. The van der Waals surface area contributed by atoms with E-state index in [1.807, 2.05) is 14.0 Å². The summed E-state index contributed by atoms with van der Waals surface area (Å²) in [7, 11) is 1.92. The lowest BCUT2D eigenvalue weighted by molar-refractivity contribution is 0.116. The van der Waals surface area contributed by atoms with Gasteiger partial charge in [0.05, 0.1) is 13.2 Å². The number of rotatable bonds is 11. The molecule has 0 aliphatic rings. The topological polar surface area (TPSA) is 34.4 Å². The smallest absolute Gasteiger partial charge is 0.118 e. The van der Waals surface area contributed by atoms with Gasteiger partial charge in [-0.3, -0.25) is 0 Å². The van der Waals surface area contributed by atoms with E-state index in [2.05, 4.69) is 18.3 Å². The average Bonchev–Trinajstić information content (AvgIpc) is 2.74. The van der Waals surface area contributed by atoms with Gasteiger partial charge in [0.25, 0.3) is 0 Å². The average molecular weight is 267 g/mol. The minimum Gasteiger partial charge on any atom is -0.465 e. The van der Waals surface area contributed by atoms with Gasteiger partial charge in [0.1, 0.15) is 11.5 Å². The van der Waals surface area contributed by atoms with E-state index >= 15 is 0 Å². The first-order chi connectivity index (χ1) is 9.27. The number of furan rings is 1. The van der Waals surface area contributed by atoms with Crippen LogP contribution in [0.5, 0.6) is 0 Å². The van der Waals surface area contributed by atoms with Crippen LogP contribution in [0.4, 0.5) is 0 Å². The van der Waals surface area contributed by atoms with Crippen LogP contribution in [-0.4, -0.2) is 13.7 Å². The lowest BCUT2D eigenvalue weighted by Crippen LogP contribution is -2.03. The van der Waals surface area contributed by atoms with Crippen molar-refractivity contribution in [2.75, 3.05) is 13.7 Å². The molecule has 0 aliphatic heterocycles. The zero-order chi connectivity index (χ0) is 13.9.